The number of carbonyl (C=O) groups excluding carboxylic acids is 2. The first-order chi connectivity index (χ1) is 17.3. The number of alkyl halides is 3. The molecule has 0 atom stereocenters. The maximum absolute atomic E-state index is 13.5. The third-order valence-corrected chi connectivity index (χ3v) is 7.05. The maximum atomic E-state index is 13.5. The van der Waals surface area contributed by atoms with Gasteiger partial charge in [-0.05, 0) is 66.8 Å². The first kappa shape index (κ1) is 24.1. The van der Waals surface area contributed by atoms with Gasteiger partial charge in [0.25, 0.3) is 5.91 Å². The molecule has 2 heterocycles. The summed E-state index contributed by atoms with van der Waals surface area (Å²) in [5, 5.41) is 2.86. The van der Waals surface area contributed by atoms with E-state index in [1.807, 2.05) is 24.3 Å². The molecule has 2 aliphatic heterocycles. The number of nitrogens with one attached hydrogen (secondary N) is 1. The smallest absolute Gasteiger partial charge is 0.381 e. The average molecular weight is 495 g/mol. The van der Waals surface area contributed by atoms with E-state index in [-0.39, 0.29) is 32.0 Å². The molecular weight excluding hydrogens is 469 g/mol. The van der Waals surface area contributed by atoms with E-state index in [2.05, 4.69) is 5.32 Å². The monoisotopic (exact) mass is 494 g/mol. The quantitative estimate of drug-likeness (QED) is 0.514. The Labute approximate surface area is 206 Å². The number of rotatable bonds is 4. The van der Waals surface area contributed by atoms with Crippen LogP contribution in [0, 0.1) is 0 Å². The van der Waals surface area contributed by atoms with Crippen LogP contribution in [0.15, 0.2) is 72.8 Å². The summed E-state index contributed by atoms with van der Waals surface area (Å²) in [5.41, 5.74) is 1.38. The van der Waals surface area contributed by atoms with Gasteiger partial charge in [0.1, 0.15) is 0 Å². The molecule has 1 saturated heterocycles. The first-order valence-electron chi connectivity index (χ1n) is 11.8. The molecule has 0 bridgehead atoms. The predicted octanol–water partition coefficient (Wildman–Crippen LogP) is 5.60. The van der Waals surface area contributed by atoms with E-state index in [1.165, 1.54) is 6.07 Å². The Morgan fingerprint density at radius 2 is 1.64 bits per heavy atom. The highest BCUT2D eigenvalue weighted by molar-refractivity contribution is 6.07. The predicted molar refractivity (Wildman–Crippen MR) is 130 cm³/mol. The van der Waals surface area contributed by atoms with E-state index >= 15 is 0 Å². The van der Waals surface area contributed by atoms with E-state index < -0.39 is 23.1 Å². The number of benzene rings is 3. The van der Waals surface area contributed by atoms with Crippen molar-refractivity contribution in [3.05, 3.63) is 95.1 Å². The third-order valence-electron chi connectivity index (χ3n) is 7.05. The molecular formula is C28H25F3N2O3. The minimum absolute atomic E-state index is 0.123. The van der Waals surface area contributed by atoms with E-state index in [0.717, 1.165) is 29.8 Å². The first-order valence-corrected chi connectivity index (χ1v) is 11.8. The summed E-state index contributed by atoms with van der Waals surface area (Å²) < 4.78 is 45.5. The summed E-state index contributed by atoms with van der Waals surface area (Å²) in [6.07, 6.45) is -3.16. The summed E-state index contributed by atoms with van der Waals surface area (Å²) in [6, 6.07) is 19.3. The zero-order chi connectivity index (χ0) is 25.3. The second kappa shape index (κ2) is 9.43. The van der Waals surface area contributed by atoms with Crippen LogP contribution in [0.2, 0.25) is 0 Å². The topological polar surface area (TPSA) is 58.6 Å². The fourth-order valence-electron chi connectivity index (χ4n) is 5.01. The maximum Gasteiger partial charge on any atom is 0.416 e. The standard InChI is InChI=1S/C28H25F3N2O3/c29-28(30,31)22-6-3-5-21(18-22)27(13-16-36-17-14-27)26(35)32-23-10-8-20(9-11-23)25(34)33-15-12-19-4-1-2-7-24(19)33/h1-11,18H,12-17H2,(H,32,35). The van der Waals surface area contributed by atoms with E-state index in [4.69, 9.17) is 4.74 Å². The molecule has 1 N–H and O–H groups in total. The largest absolute Gasteiger partial charge is 0.416 e. The van der Waals surface area contributed by atoms with Gasteiger partial charge in [-0.2, -0.15) is 13.2 Å². The zero-order valence-electron chi connectivity index (χ0n) is 19.5. The van der Waals surface area contributed by atoms with Crippen molar-refractivity contribution in [3.8, 4) is 0 Å². The second-order valence-electron chi connectivity index (χ2n) is 9.14. The Morgan fingerprint density at radius 1 is 0.917 bits per heavy atom. The molecule has 5 rings (SSSR count). The van der Waals surface area contributed by atoms with Gasteiger partial charge in [-0.15, -0.1) is 0 Å². The number of para-hydroxylation sites is 1. The number of amides is 2. The Morgan fingerprint density at radius 3 is 2.36 bits per heavy atom. The lowest BCUT2D eigenvalue weighted by atomic mass is 9.73. The summed E-state index contributed by atoms with van der Waals surface area (Å²) in [4.78, 5) is 28.3. The number of nitrogens with zero attached hydrogens (tertiary/aromatic N) is 1. The van der Waals surface area contributed by atoms with Crippen LogP contribution in [0.1, 0.15) is 39.9 Å². The lowest BCUT2D eigenvalue weighted by molar-refractivity contribution is -0.138. The van der Waals surface area contributed by atoms with Gasteiger partial charge >= 0.3 is 6.18 Å². The second-order valence-corrected chi connectivity index (χ2v) is 9.14. The molecule has 2 aliphatic rings. The number of halogens is 3. The summed E-state index contributed by atoms with van der Waals surface area (Å²) >= 11 is 0. The number of anilines is 2. The van der Waals surface area contributed by atoms with Crippen LogP contribution in [0.5, 0.6) is 0 Å². The van der Waals surface area contributed by atoms with Gasteiger partial charge in [0, 0.05) is 36.7 Å². The van der Waals surface area contributed by atoms with Gasteiger partial charge in [-0.1, -0.05) is 36.4 Å². The van der Waals surface area contributed by atoms with Gasteiger partial charge in [-0.3, -0.25) is 9.59 Å². The van der Waals surface area contributed by atoms with Gasteiger partial charge in [-0.25, -0.2) is 0 Å². The summed E-state index contributed by atoms with van der Waals surface area (Å²) in [7, 11) is 0. The minimum Gasteiger partial charge on any atom is -0.381 e. The lowest BCUT2D eigenvalue weighted by Crippen LogP contribution is -2.45. The van der Waals surface area contributed by atoms with E-state index in [1.54, 1.807) is 35.2 Å². The van der Waals surface area contributed by atoms with Crippen LogP contribution in [-0.2, 0) is 27.5 Å². The molecule has 0 aliphatic carbocycles. The average Bonchev–Trinajstić information content (AvgIpc) is 3.33. The van der Waals surface area contributed by atoms with Crippen LogP contribution in [0.3, 0.4) is 0 Å². The molecule has 36 heavy (non-hydrogen) atoms. The molecule has 1 fully saturated rings. The van der Waals surface area contributed by atoms with E-state index in [9.17, 15) is 22.8 Å². The molecule has 3 aromatic rings. The van der Waals surface area contributed by atoms with Gasteiger partial charge in [0.2, 0.25) is 5.91 Å². The van der Waals surface area contributed by atoms with Crippen molar-refractivity contribution < 1.29 is 27.5 Å². The van der Waals surface area contributed by atoms with Gasteiger partial charge in [0.05, 0.1) is 11.0 Å². The number of ether oxygens (including phenoxy) is 1. The van der Waals surface area contributed by atoms with Crippen molar-refractivity contribution in [2.75, 3.05) is 30.0 Å². The number of carbonyl (C=O) groups is 2. The Kier molecular flexibility index (Phi) is 6.30. The lowest BCUT2D eigenvalue weighted by Gasteiger charge is -2.36. The Balaban J connectivity index is 1.36. The molecule has 0 spiro atoms. The number of hydrogen-bond acceptors (Lipinski definition) is 3. The molecule has 2 amide bonds. The summed E-state index contributed by atoms with van der Waals surface area (Å²) in [6.45, 7) is 1.15. The van der Waals surface area contributed by atoms with Crippen LogP contribution in [-0.4, -0.2) is 31.6 Å². The molecule has 0 unspecified atom stereocenters. The zero-order valence-corrected chi connectivity index (χ0v) is 19.5. The van der Waals surface area contributed by atoms with Crippen molar-refractivity contribution >= 4 is 23.2 Å². The minimum atomic E-state index is -4.50. The summed E-state index contributed by atoms with van der Waals surface area (Å²) in [5.74, 6) is -0.514. The molecule has 0 aromatic heterocycles. The highest BCUT2D eigenvalue weighted by Crippen LogP contribution is 2.39. The van der Waals surface area contributed by atoms with Crippen LogP contribution in [0.4, 0.5) is 24.5 Å². The highest BCUT2D eigenvalue weighted by Gasteiger charge is 2.43. The van der Waals surface area contributed by atoms with Gasteiger partial charge in [0.15, 0.2) is 0 Å². The third kappa shape index (κ3) is 4.48. The number of hydrogen-bond donors (Lipinski definition) is 1. The molecule has 3 aromatic carbocycles. The molecule has 0 saturated carbocycles. The highest BCUT2D eigenvalue weighted by atomic mass is 19.4. The fraction of sp³-hybridized carbons (Fsp3) is 0.286. The van der Waals surface area contributed by atoms with Crippen LogP contribution >= 0.6 is 0 Å². The van der Waals surface area contributed by atoms with Crippen LogP contribution < -0.4 is 10.2 Å². The number of fused-ring (bicyclic) bond motifs is 1. The normalized spacial score (nSPS) is 16.9. The molecule has 0 radical (unpaired) electrons. The SMILES string of the molecule is O=C(c1ccc(NC(=O)C2(c3cccc(C(F)(F)F)c3)CCOCC2)cc1)N1CCc2ccccc21. The Hall–Kier alpha value is -3.65. The fourth-order valence-corrected chi connectivity index (χ4v) is 5.01. The van der Waals surface area contributed by atoms with Gasteiger partial charge < -0.3 is 15.0 Å². The Bertz CT molecular complexity index is 1280. The van der Waals surface area contributed by atoms with Crippen molar-refractivity contribution in [3.63, 3.8) is 0 Å². The molecule has 8 heteroatoms. The molecule has 186 valence electrons. The van der Waals surface area contributed by atoms with Crippen molar-refractivity contribution in [1.82, 2.24) is 0 Å². The van der Waals surface area contributed by atoms with Crippen molar-refractivity contribution in [1.29, 1.82) is 0 Å². The van der Waals surface area contributed by atoms with Crippen molar-refractivity contribution in [2.45, 2.75) is 30.9 Å². The van der Waals surface area contributed by atoms with Crippen LogP contribution in [0.25, 0.3) is 0 Å². The molecule has 5 nitrogen and oxygen atoms in total. The van der Waals surface area contributed by atoms with Crippen molar-refractivity contribution in [2.24, 2.45) is 0 Å². The van der Waals surface area contributed by atoms with E-state index in [0.29, 0.717) is 23.4 Å².